The molecular formula is C10H12F3N5OS. The van der Waals surface area contributed by atoms with E-state index in [9.17, 15) is 18.0 Å². The summed E-state index contributed by atoms with van der Waals surface area (Å²) >= 11 is 1.02. The number of aromatic nitrogens is 4. The maximum Gasteiger partial charge on any atom is 0.453 e. The summed E-state index contributed by atoms with van der Waals surface area (Å²) in [6, 6.07) is 0. The van der Waals surface area contributed by atoms with Crippen LogP contribution in [0.5, 0.6) is 0 Å². The minimum absolute atomic E-state index is 0.0857. The second kappa shape index (κ2) is 5.35. The number of fused-ring (bicyclic) bond motifs is 1. The Morgan fingerprint density at radius 3 is 2.70 bits per heavy atom. The summed E-state index contributed by atoms with van der Waals surface area (Å²) in [4.78, 5) is 11.4. The number of rotatable bonds is 4. The number of alkyl halides is 3. The summed E-state index contributed by atoms with van der Waals surface area (Å²) in [5, 5.41) is 13.5. The molecule has 2 heterocycles. The number of hydrogen-bond donors (Lipinski definition) is 1. The lowest BCUT2D eigenvalue weighted by molar-refractivity contribution is -0.146. The number of nitrogens with one attached hydrogen (secondary N) is 1. The van der Waals surface area contributed by atoms with Crippen molar-refractivity contribution in [3.8, 4) is 0 Å². The zero-order valence-electron chi connectivity index (χ0n) is 10.7. The minimum Gasteiger partial charge on any atom is -0.355 e. The van der Waals surface area contributed by atoms with Gasteiger partial charge in [-0.05, 0) is 0 Å². The molecule has 0 saturated carbocycles. The number of carbonyl (C=O) groups excluding carboxylic acids is 1. The molecule has 0 fully saturated rings. The molecule has 0 atom stereocenters. The van der Waals surface area contributed by atoms with Gasteiger partial charge in [0.25, 0.3) is 5.82 Å². The van der Waals surface area contributed by atoms with Crippen molar-refractivity contribution in [1.29, 1.82) is 0 Å². The topological polar surface area (TPSA) is 72.2 Å². The van der Waals surface area contributed by atoms with Crippen LogP contribution in [-0.4, -0.2) is 32.3 Å². The molecule has 0 radical (unpaired) electrons. The summed E-state index contributed by atoms with van der Waals surface area (Å²) in [6.07, 6.45) is -4.24. The highest BCUT2D eigenvalue weighted by Gasteiger charge is 2.38. The lowest BCUT2D eigenvalue weighted by Crippen LogP contribution is -2.29. The molecule has 1 amide bonds. The van der Waals surface area contributed by atoms with Crippen LogP contribution in [0.2, 0.25) is 0 Å². The van der Waals surface area contributed by atoms with E-state index in [1.807, 2.05) is 0 Å². The van der Waals surface area contributed by atoms with Crippen molar-refractivity contribution in [3.05, 3.63) is 10.8 Å². The molecule has 0 unspecified atom stereocenters. The first-order valence-corrected chi connectivity index (χ1v) is 6.66. The van der Waals surface area contributed by atoms with Gasteiger partial charge in [0.15, 0.2) is 0 Å². The number of halogens is 3. The van der Waals surface area contributed by atoms with E-state index in [0.29, 0.717) is 22.5 Å². The Morgan fingerprint density at radius 1 is 1.40 bits per heavy atom. The Kier molecular flexibility index (Phi) is 3.93. The summed E-state index contributed by atoms with van der Waals surface area (Å²) in [6.45, 7) is 3.84. The van der Waals surface area contributed by atoms with Crippen molar-refractivity contribution < 1.29 is 18.0 Å². The number of hydrogen-bond acceptors (Lipinski definition) is 5. The predicted octanol–water partition coefficient (Wildman–Crippen LogP) is 1.52. The van der Waals surface area contributed by atoms with Crippen LogP contribution in [0, 0.1) is 5.92 Å². The quantitative estimate of drug-likeness (QED) is 0.929. The fourth-order valence-corrected chi connectivity index (χ4v) is 2.26. The molecule has 6 nitrogen and oxygen atoms in total. The van der Waals surface area contributed by atoms with E-state index in [1.165, 1.54) is 0 Å². The highest BCUT2D eigenvalue weighted by Crippen LogP contribution is 2.28. The SMILES string of the molecule is CC(C)C(=O)NCCc1nn2c(C(F)(F)F)nnc2s1. The van der Waals surface area contributed by atoms with Crippen molar-refractivity contribution in [1.82, 2.24) is 25.1 Å². The van der Waals surface area contributed by atoms with Crippen molar-refractivity contribution in [2.45, 2.75) is 26.4 Å². The third-order valence-corrected chi connectivity index (χ3v) is 3.41. The van der Waals surface area contributed by atoms with E-state index in [0.717, 1.165) is 11.3 Å². The van der Waals surface area contributed by atoms with Crippen LogP contribution < -0.4 is 5.32 Å². The van der Waals surface area contributed by atoms with Crippen LogP contribution in [0.1, 0.15) is 24.7 Å². The van der Waals surface area contributed by atoms with Gasteiger partial charge in [-0.2, -0.15) is 22.8 Å². The third-order valence-electron chi connectivity index (χ3n) is 2.45. The number of nitrogens with zero attached hydrogens (tertiary/aromatic N) is 4. The summed E-state index contributed by atoms with van der Waals surface area (Å²) < 4.78 is 38.5. The number of carbonyl (C=O) groups is 1. The Bertz CT molecular complexity index is 618. The standard InChI is InChI=1S/C10H12F3N5OS/c1-5(2)7(19)14-4-3-6-17-18-8(10(11,12)13)15-16-9(18)20-6/h5H,3-4H2,1-2H3,(H,14,19). The molecule has 0 saturated heterocycles. The second-order valence-electron chi connectivity index (χ2n) is 4.41. The van der Waals surface area contributed by atoms with Crippen LogP contribution in [0.25, 0.3) is 4.96 Å². The Hall–Kier alpha value is -1.71. The molecule has 2 aromatic rings. The van der Waals surface area contributed by atoms with Gasteiger partial charge in [-0.25, -0.2) is 0 Å². The fraction of sp³-hybridized carbons (Fsp3) is 0.600. The van der Waals surface area contributed by atoms with Gasteiger partial charge >= 0.3 is 6.18 Å². The van der Waals surface area contributed by atoms with E-state index in [4.69, 9.17) is 0 Å². The average Bonchev–Trinajstić information content (AvgIpc) is 2.86. The molecule has 2 aromatic heterocycles. The smallest absolute Gasteiger partial charge is 0.355 e. The lowest BCUT2D eigenvalue weighted by Gasteiger charge is -2.05. The highest BCUT2D eigenvalue weighted by atomic mass is 32.1. The molecule has 0 bridgehead atoms. The third kappa shape index (κ3) is 3.06. The van der Waals surface area contributed by atoms with Crippen molar-refractivity contribution >= 4 is 22.2 Å². The first-order chi connectivity index (χ1) is 9.29. The van der Waals surface area contributed by atoms with Crippen LogP contribution in [0.3, 0.4) is 0 Å². The first kappa shape index (κ1) is 14.7. The molecule has 20 heavy (non-hydrogen) atoms. The van der Waals surface area contributed by atoms with Crippen molar-refractivity contribution in [2.75, 3.05) is 6.54 Å². The highest BCUT2D eigenvalue weighted by molar-refractivity contribution is 7.16. The van der Waals surface area contributed by atoms with Crippen LogP contribution in [-0.2, 0) is 17.4 Å². The van der Waals surface area contributed by atoms with E-state index in [1.54, 1.807) is 13.8 Å². The van der Waals surface area contributed by atoms with Gasteiger partial charge in [0.2, 0.25) is 10.9 Å². The first-order valence-electron chi connectivity index (χ1n) is 5.85. The molecule has 0 aliphatic rings. The molecule has 2 rings (SSSR count). The van der Waals surface area contributed by atoms with Gasteiger partial charge in [0.05, 0.1) is 0 Å². The summed E-state index contributed by atoms with van der Waals surface area (Å²) in [5.41, 5.74) is 0. The maximum atomic E-state index is 12.6. The molecule has 1 N–H and O–H groups in total. The van der Waals surface area contributed by atoms with Crippen LogP contribution >= 0.6 is 11.3 Å². The maximum absolute atomic E-state index is 12.6. The normalized spacial score (nSPS) is 12.3. The van der Waals surface area contributed by atoms with E-state index < -0.39 is 12.0 Å². The van der Waals surface area contributed by atoms with Gasteiger partial charge in [0.1, 0.15) is 5.01 Å². The minimum atomic E-state index is -4.59. The average molecular weight is 307 g/mol. The van der Waals surface area contributed by atoms with Gasteiger partial charge in [0, 0.05) is 18.9 Å². The molecule has 0 aliphatic carbocycles. The monoisotopic (exact) mass is 307 g/mol. The van der Waals surface area contributed by atoms with Gasteiger partial charge < -0.3 is 5.32 Å². The van der Waals surface area contributed by atoms with E-state index in [-0.39, 0.29) is 16.8 Å². The zero-order chi connectivity index (χ0) is 14.9. The summed E-state index contributed by atoms with van der Waals surface area (Å²) in [5.74, 6) is -1.38. The van der Waals surface area contributed by atoms with Gasteiger partial charge in [-0.1, -0.05) is 25.2 Å². The van der Waals surface area contributed by atoms with Gasteiger partial charge in [-0.3, -0.25) is 4.79 Å². The largest absolute Gasteiger partial charge is 0.453 e. The van der Waals surface area contributed by atoms with Crippen LogP contribution in [0.15, 0.2) is 0 Å². The lowest BCUT2D eigenvalue weighted by atomic mass is 10.2. The molecule has 10 heteroatoms. The molecular weight excluding hydrogens is 295 g/mol. The Labute approximate surface area is 116 Å². The predicted molar refractivity (Wildman–Crippen MR) is 65.2 cm³/mol. The second-order valence-corrected chi connectivity index (χ2v) is 5.45. The molecule has 110 valence electrons. The Morgan fingerprint density at radius 2 is 2.10 bits per heavy atom. The van der Waals surface area contributed by atoms with E-state index >= 15 is 0 Å². The van der Waals surface area contributed by atoms with Crippen LogP contribution in [0.4, 0.5) is 13.2 Å². The zero-order valence-corrected chi connectivity index (χ0v) is 11.5. The Balaban J connectivity index is 2.06. The van der Waals surface area contributed by atoms with Crippen molar-refractivity contribution in [2.24, 2.45) is 5.92 Å². The molecule has 0 aliphatic heterocycles. The summed E-state index contributed by atoms with van der Waals surface area (Å²) in [7, 11) is 0. The number of amides is 1. The fourth-order valence-electron chi connectivity index (χ4n) is 1.43. The molecule has 0 spiro atoms. The van der Waals surface area contributed by atoms with Gasteiger partial charge in [-0.15, -0.1) is 10.2 Å². The van der Waals surface area contributed by atoms with Crippen molar-refractivity contribution in [3.63, 3.8) is 0 Å². The van der Waals surface area contributed by atoms with E-state index in [2.05, 4.69) is 20.6 Å². The molecule has 0 aromatic carbocycles.